The third-order valence-electron chi connectivity index (χ3n) is 3.87. The maximum absolute atomic E-state index is 12.4. The molecule has 0 atom stereocenters. The largest absolute Gasteiger partial charge is 0.386 e. The van der Waals surface area contributed by atoms with Crippen molar-refractivity contribution in [3.05, 3.63) is 88.9 Å². The van der Waals surface area contributed by atoms with Gasteiger partial charge in [0.1, 0.15) is 0 Å². The van der Waals surface area contributed by atoms with Gasteiger partial charge in [0.2, 0.25) is 5.43 Å². The highest BCUT2D eigenvalue weighted by Gasteiger charge is 2.08. The minimum absolute atomic E-state index is 0.152. The molecular formula is C21H20N4OS. The van der Waals surface area contributed by atoms with Crippen LogP contribution >= 0.6 is 11.8 Å². The maximum Gasteiger partial charge on any atom is 0.209 e. The first kappa shape index (κ1) is 18.7. The summed E-state index contributed by atoms with van der Waals surface area (Å²) in [6, 6.07) is 19.1. The van der Waals surface area contributed by atoms with E-state index < -0.39 is 0 Å². The summed E-state index contributed by atoms with van der Waals surface area (Å²) in [6.45, 7) is 0. The fourth-order valence-electron chi connectivity index (χ4n) is 2.48. The molecule has 0 radical (unpaired) electrons. The molecule has 0 unspecified atom stereocenters. The van der Waals surface area contributed by atoms with E-state index in [4.69, 9.17) is 0 Å². The lowest BCUT2D eigenvalue weighted by Crippen LogP contribution is -2.20. The number of aliphatic imine (C=N–C) groups is 1. The van der Waals surface area contributed by atoms with Crippen LogP contribution in [0.4, 0.5) is 5.69 Å². The van der Waals surface area contributed by atoms with Gasteiger partial charge in [-0.05, 0) is 42.7 Å². The van der Waals surface area contributed by atoms with Crippen molar-refractivity contribution in [2.24, 2.45) is 4.99 Å². The number of nitrogens with zero attached hydrogens (tertiary/aromatic N) is 3. The Balaban J connectivity index is 1.95. The quantitative estimate of drug-likeness (QED) is 0.523. The van der Waals surface area contributed by atoms with Crippen molar-refractivity contribution in [3.8, 4) is 5.69 Å². The lowest BCUT2D eigenvalue weighted by Gasteiger charge is -2.10. The van der Waals surface area contributed by atoms with Crippen LogP contribution in [0, 0.1) is 0 Å². The highest BCUT2D eigenvalue weighted by molar-refractivity contribution is 7.98. The number of hydrogen-bond acceptors (Lipinski definition) is 5. The van der Waals surface area contributed by atoms with Gasteiger partial charge in [-0.1, -0.05) is 24.3 Å². The Bertz CT molecular complexity index is 1030. The lowest BCUT2D eigenvalue weighted by atomic mass is 10.2. The summed E-state index contributed by atoms with van der Waals surface area (Å²) in [5.74, 6) is 0. The summed E-state index contributed by atoms with van der Waals surface area (Å²) in [7, 11) is 1.76. The van der Waals surface area contributed by atoms with Crippen molar-refractivity contribution in [2.45, 2.75) is 4.90 Å². The molecule has 5 nitrogen and oxygen atoms in total. The number of rotatable bonds is 6. The molecule has 2 aromatic carbocycles. The van der Waals surface area contributed by atoms with Gasteiger partial charge in [0.05, 0.1) is 17.1 Å². The van der Waals surface area contributed by atoms with Crippen molar-refractivity contribution in [2.75, 3.05) is 13.3 Å². The Morgan fingerprint density at radius 2 is 1.96 bits per heavy atom. The predicted octanol–water partition coefficient (Wildman–Crippen LogP) is 3.92. The first-order valence-electron chi connectivity index (χ1n) is 8.43. The fraction of sp³-hybridized carbons (Fsp3) is 0.0952. The molecule has 0 saturated heterocycles. The molecule has 1 N–H and O–H groups in total. The summed E-state index contributed by atoms with van der Waals surface area (Å²) in [6.07, 6.45) is 7.11. The van der Waals surface area contributed by atoms with Crippen LogP contribution in [0.2, 0.25) is 0 Å². The normalized spacial score (nSPS) is 11.7. The standard InChI is InChI=1S/C21H20N4OS/c1-22-19(11-13-23-16-7-4-3-5-8-16)21-20(26)12-14-25(24-21)17-9-6-10-18(15-17)27-2/h3-15,22H,1-2H3/b19-11-,23-13+. The first-order valence-corrected chi connectivity index (χ1v) is 9.65. The number of para-hydroxylation sites is 1. The third-order valence-corrected chi connectivity index (χ3v) is 4.60. The molecule has 27 heavy (non-hydrogen) atoms. The van der Waals surface area contributed by atoms with E-state index in [1.807, 2.05) is 60.9 Å². The van der Waals surface area contributed by atoms with Crippen molar-refractivity contribution in [1.82, 2.24) is 15.1 Å². The van der Waals surface area contributed by atoms with E-state index in [1.54, 1.807) is 42.0 Å². The molecule has 0 saturated carbocycles. The summed E-state index contributed by atoms with van der Waals surface area (Å²) in [5, 5.41) is 7.55. The minimum Gasteiger partial charge on any atom is -0.386 e. The summed E-state index contributed by atoms with van der Waals surface area (Å²) < 4.78 is 1.70. The molecule has 0 aliphatic heterocycles. The van der Waals surface area contributed by atoms with Gasteiger partial charge in [-0.15, -0.1) is 11.8 Å². The van der Waals surface area contributed by atoms with Crippen LogP contribution in [-0.4, -0.2) is 29.3 Å². The van der Waals surface area contributed by atoms with E-state index in [1.165, 1.54) is 6.07 Å². The van der Waals surface area contributed by atoms with Gasteiger partial charge in [-0.2, -0.15) is 5.10 Å². The Kier molecular flexibility index (Phi) is 6.22. The van der Waals surface area contributed by atoms with Crippen molar-refractivity contribution >= 4 is 29.4 Å². The minimum atomic E-state index is -0.152. The molecule has 1 heterocycles. The van der Waals surface area contributed by atoms with Crippen LogP contribution in [0.5, 0.6) is 0 Å². The Labute approximate surface area is 162 Å². The number of allylic oxidation sites excluding steroid dienone is 1. The zero-order valence-corrected chi connectivity index (χ0v) is 16.0. The lowest BCUT2D eigenvalue weighted by molar-refractivity contribution is 0.816. The Morgan fingerprint density at radius 1 is 1.15 bits per heavy atom. The molecule has 136 valence electrons. The molecule has 6 heteroatoms. The average molecular weight is 376 g/mol. The molecule has 0 spiro atoms. The molecule has 3 aromatic rings. The second kappa shape index (κ2) is 9.00. The van der Waals surface area contributed by atoms with Crippen molar-refractivity contribution in [1.29, 1.82) is 0 Å². The van der Waals surface area contributed by atoms with Crippen LogP contribution in [0.25, 0.3) is 11.4 Å². The average Bonchev–Trinajstić information content (AvgIpc) is 2.73. The SMILES string of the molecule is CN/C(=C\C=N\c1ccccc1)c1nn(-c2cccc(SC)c2)ccc1=O. The van der Waals surface area contributed by atoms with Gasteiger partial charge in [0, 0.05) is 30.4 Å². The van der Waals surface area contributed by atoms with E-state index in [9.17, 15) is 4.79 Å². The van der Waals surface area contributed by atoms with Gasteiger partial charge in [0.15, 0.2) is 5.69 Å². The van der Waals surface area contributed by atoms with Gasteiger partial charge >= 0.3 is 0 Å². The van der Waals surface area contributed by atoms with Crippen molar-refractivity contribution < 1.29 is 0 Å². The van der Waals surface area contributed by atoms with Gasteiger partial charge in [-0.25, -0.2) is 4.68 Å². The summed E-state index contributed by atoms with van der Waals surface area (Å²) in [4.78, 5) is 17.9. The van der Waals surface area contributed by atoms with E-state index in [0.29, 0.717) is 11.4 Å². The molecule has 0 bridgehead atoms. The third kappa shape index (κ3) is 4.74. The monoisotopic (exact) mass is 376 g/mol. The number of aromatic nitrogens is 2. The molecule has 1 aromatic heterocycles. The molecular weight excluding hydrogens is 356 g/mol. The summed E-state index contributed by atoms with van der Waals surface area (Å²) >= 11 is 1.66. The molecule has 0 aliphatic carbocycles. The topological polar surface area (TPSA) is 59.3 Å². The van der Waals surface area contributed by atoms with E-state index >= 15 is 0 Å². The van der Waals surface area contributed by atoms with Crippen LogP contribution < -0.4 is 10.7 Å². The molecule has 3 rings (SSSR count). The Hall–Kier alpha value is -3.12. The number of hydrogen-bond donors (Lipinski definition) is 1. The van der Waals surface area contributed by atoms with Gasteiger partial charge in [0.25, 0.3) is 0 Å². The maximum atomic E-state index is 12.4. The second-order valence-electron chi connectivity index (χ2n) is 5.62. The van der Waals surface area contributed by atoms with Crippen LogP contribution in [-0.2, 0) is 0 Å². The van der Waals surface area contributed by atoms with E-state index in [0.717, 1.165) is 16.3 Å². The second-order valence-corrected chi connectivity index (χ2v) is 6.50. The van der Waals surface area contributed by atoms with Crippen LogP contribution in [0.1, 0.15) is 5.69 Å². The number of nitrogens with one attached hydrogen (secondary N) is 1. The smallest absolute Gasteiger partial charge is 0.209 e. The number of thioether (sulfide) groups is 1. The highest BCUT2D eigenvalue weighted by atomic mass is 32.2. The van der Waals surface area contributed by atoms with Gasteiger partial charge in [-0.3, -0.25) is 9.79 Å². The van der Waals surface area contributed by atoms with E-state index in [-0.39, 0.29) is 5.43 Å². The van der Waals surface area contributed by atoms with E-state index in [2.05, 4.69) is 15.4 Å². The van der Waals surface area contributed by atoms with Gasteiger partial charge < -0.3 is 5.32 Å². The molecule has 0 aliphatic rings. The fourth-order valence-corrected chi connectivity index (χ4v) is 2.94. The Morgan fingerprint density at radius 3 is 2.70 bits per heavy atom. The summed E-state index contributed by atoms with van der Waals surface area (Å²) in [5.41, 5.74) is 2.54. The van der Waals surface area contributed by atoms with Crippen LogP contribution in [0.3, 0.4) is 0 Å². The molecule has 0 fully saturated rings. The zero-order valence-electron chi connectivity index (χ0n) is 15.2. The highest BCUT2D eigenvalue weighted by Crippen LogP contribution is 2.18. The molecule has 0 amide bonds. The predicted molar refractivity (Wildman–Crippen MR) is 113 cm³/mol. The first-order chi connectivity index (χ1) is 13.2. The van der Waals surface area contributed by atoms with Crippen LogP contribution in [0.15, 0.2) is 87.6 Å². The number of benzene rings is 2. The zero-order chi connectivity index (χ0) is 19.1. The van der Waals surface area contributed by atoms with Crippen molar-refractivity contribution in [3.63, 3.8) is 0 Å².